The van der Waals surface area contributed by atoms with Crippen LogP contribution in [-0.4, -0.2) is 74.1 Å². The Morgan fingerprint density at radius 2 is 2.00 bits per heavy atom. The highest BCUT2D eigenvalue weighted by Crippen LogP contribution is 2.30. The van der Waals surface area contributed by atoms with Crippen molar-refractivity contribution in [2.24, 2.45) is 4.99 Å². The smallest absolute Gasteiger partial charge is 0.251 e. The van der Waals surface area contributed by atoms with E-state index in [-0.39, 0.29) is 23.2 Å². The maximum absolute atomic E-state index is 13.4. The van der Waals surface area contributed by atoms with E-state index in [2.05, 4.69) is 29.1 Å². The fourth-order valence-electron chi connectivity index (χ4n) is 3.88. The monoisotopic (exact) mass is 424 g/mol. The Balaban J connectivity index is 1.55. The fourth-order valence-corrected chi connectivity index (χ4v) is 4.30. The van der Waals surface area contributed by atoms with Gasteiger partial charge in [0.15, 0.2) is 5.96 Å². The lowest BCUT2D eigenvalue weighted by Crippen LogP contribution is -2.56. The van der Waals surface area contributed by atoms with Crippen LogP contribution in [0, 0.1) is 5.82 Å². The summed E-state index contributed by atoms with van der Waals surface area (Å²) in [5, 5.41) is 3.84. The Morgan fingerprint density at radius 1 is 1.31 bits per heavy atom. The Hall–Kier alpha value is -1.86. The zero-order valence-electron chi connectivity index (χ0n) is 17.4. The van der Waals surface area contributed by atoms with Crippen LogP contribution in [-0.2, 0) is 14.9 Å². The van der Waals surface area contributed by atoms with E-state index < -0.39 is 0 Å². The molecule has 2 fully saturated rings. The molecule has 160 valence electrons. The van der Waals surface area contributed by atoms with Crippen LogP contribution in [0.4, 0.5) is 4.39 Å². The molecule has 0 spiro atoms. The van der Waals surface area contributed by atoms with Crippen LogP contribution >= 0.6 is 11.6 Å². The van der Waals surface area contributed by atoms with Gasteiger partial charge in [0.25, 0.3) is 5.91 Å². The molecule has 6 nitrogen and oxygen atoms in total. The molecule has 1 amide bonds. The van der Waals surface area contributed by atoms with Crippen LogP contribution < -0.4 is 5.32 Å². The van der Waals surface area contributed by atoms with Gasteiger partial charge < -0.3 is 19.9 Å². The maximum Gasteiger partial charge on any atom is 0.251 e. The van der Waals surface area contributed by atoms with E-state index in [1.807, 2.05) is 4.90 Å². The van der Waals surface area contributed by atoms with Crippen LogP contribution in [0.5, 0.6) is 0 Å². The molecule has 0 aromatic heterocycles. The van der Waals surface area contributed by atoms with Gasteiger partial charge in [-0.05, 0) is 30.5 Å². The van der Waals surface area contributed by atoms with E-state index in [4.69, 9.17) is 16.3 Å². The molecule has 1 unspecified atom stereocenters. The molecule has 1 atom stereocenters. The number of ether oxygens (including phenoxy) is 1. The lowest BCUT2D eigenvalue weighted by atomic mass is 9.84. The molecular weight excluding hydrogens is 395 g/mol. The number of amides is 1. The third kappa shape index (κ3) is 5.20. The molecule has 0 bridgehead atoms. The van der Waals surface area contributed by atoms with E-state index in [9.17, 15) is 9.18 Å². The van der Waals surface area contributed by atoms with Crippen molar-refractivity contribution >= 4 is 23.5 Å². The topological polar surface area (TPSA) is 57.2 Å². The summed E-state index contributed by atoms with van der Waals surface area (Å²) >= 11 is 6.26. The molecule has 29 heavy (non-hydrogen) atoms. The first kappa shape index (κ1) is 21.8. The van der Waals surface area contributed by atoms with E-state index in [1.165, 1.54) is 12.1 Å². The Bertz CT molecular complexity index is 757. The van der Waals surface area contributed by atoms with Gasteiger partial charge >= 0.3 is 0 Å². The number of carbonyl (C=O) groups is 1. The minimum absolute atomic E-state index is 0.109. The van der Waals surface area contributed by atoms with Crippen molar-refractivity contribution in [3.8, 4) is 0 Å². The molecule has 0 radical (unpaired) electrons. The molecule has 2 aliphatic heterocycles. The summed E-state index contributed by atoms with van der Waals surface area (Å²) in [6.07, 6.45) is 1.52. The minimum Gasteiger partial charge on any atom is -0.368 e. The standard InChI is InChI=1S/C21H30ClFN4O2/c1-21(2,16-7-6-15(23)13-17(16)22)14-25-20(24-3)27-10-8-26(9-11-27)19(28)18-5-4-12-29-18/h6-7,13,18H,4-5,8-12,14H2,1-3H3,(H,24,25). The summed E-state index contributed by atoms with van der Waals surface area (Å²) < 4.78 is 18.9. The SMILES string of the molecule is CN=C(NCC(C)(C)c1ccc(F)cc1Cl)N1CCN(C(=O)C2CCCO2)CC1. The Kier molecular flexibility index (Phi) is 7.01. The number of piperazine rings is 1. The first-order valence-corrected chi connectivity index (χ1v) is 10.5. The number of nitrogens with zero attached hydrogens (tertiary/aromatic N) is 3. The molecule has 0 saturated carbocycles. The predicted molar refractivity (Wildman–Crippen MR) is 113 cm³/mol. The molecule has 8 heteroatoms. The van der Waals surface area contributed by atoms with Crippen molar-refractivity contribution in [3.63, 3.8) is 0 Å². The van der Waals surface area contributed by atoms with Gasteiger partial charge in [0.05, 0.1) is 0 Å². The van der Waals surface area contributed by atoms with Gasteiger partial charge in [0.1, 0.15) is 11.9 Å². The number of rotatable bonds is 4. The van der Waals surface area contributed by atoms with Crippen molar-refractivity contribution < 1.29 is 13.9 Å². The van der Waals surface area contributed by atoms with Crippen LogP contribution in [0.25, 0.3) is 0 Å². The summed E-state index contributed by atoms with van der Waals surface area (Å²) in [4.78, 5) is 21.0. The third-order valence-electron chi connectivity index (χ3n) is 5.66. The molecule has 0 aliphatic carbocycles. The van der Waals surface area contributed by atoms with Crippen molar-refractivity contribution in [2.75, 3.05) is 46.4 Å². The van der Waals surface area contributed by atoms with Crippen LogP contribution in [0.15, 0.2) is 23.2 Å². The highest BCUT2D eigenvalue weighted by Gasteiger charge is 2.31. The average molecular weight is 425 g/mol. The average Bonchev–Trinajstić information content (AvgIpc) is 3.23. The molecule has 2 saturated heterocycles. The van der Waals surface area contributed by atoms with Crippen molar-refractivity contribution in [3.05, 3.63) is 34.6 Å². The van der Waals surface area contributed by atoms with Gasteiger partial charge in [-0.3, -0.25) is 9.79 Å². The largest absolute Gasteiger partial charge is 0.368 e. The number of benzene rings is 1. The van der Waals surface area contributed by atoms with E-state index in [1.54, 1.807) is 13.1 Å². The van der Waals surface area contributed by atoms with Crippen LogP contribution in [0.3, 0.4) is 0 Å². The molecule has 2 aliphatic rings. The maximum atomic E-state index is 13.4. The van der Waals surface area contributed by atoms with Crippen LogP contribution in [0.2, 0.25) is 5.02 Å². The third-order valence-corrected chi connectivity index (χ3v) is 5.97. The van der Waals surface area contributed by atoms with Gasteiger partial charge in [-0.2, -0.15) is 0 Å². The number of hydrogen-bond donors (Lipinski definition) is 1. The molecule has 2 heterocycles. The van der Waals surface area contributed by atoms with Gasteiger partial charge in [0.2, 0.25) is 0 Å². The van der Waals surface area contributed by atoms with Crippen molar-refractivity contribution in [1.29, 1.82) is 0 Å². The van der Waals surface area contributed by atoms with Crippen molar-refractivity contribution in [1.82, 2.24) is 15.1 Å². The lowest BCUT2D eigenvalue weighted by molar-refractivity contribution is -0.142. The highest BCUT2D eigenvalue weighted by atomic mass is 35.5. The van der Waals surface area contributed by atoms with Gasteiger partial charge in [-0.25, -0.2) is 4.39 Å². The summed E-state index contributed by atoms with van der Waals surface area (Å²) in [7, 11) is 1.75. The summed E-state index contributed by atoms with van der Waals surface area (Å²) in [5.41, 5.74) is 0.578. The minimum atomic E-state index is -0.339. The Morgan fingerprint density at radius 3 is 2.59 bits per heavy atom. The second-order valence-corrected chi connectivity index (χ2v) is 8.63. The summed E-state index contributed by atoms with van der Waals surface area (Å²) in [6.45, 7) is 8.15. The quantitative estimate of drug-likeness (QED) is 0.596. The molecule has 1 aromatic carbocycles. The number of halogens is 2. The number of aliphatic imine (C=N–C) groups is 1. The molecular formula is C21H30ClFN4O2. The zero-order chi connectivity index (χ0) is 21.0. The van der Waals surface area contributed by atoms with Crippen molar-refractivity contribution in [2.45, 2.75) is 38.2 Å². The summed E-state index contributed by atoms with van der Waals surface area (Å²) in [5.74, 6) is 0.562. The van der Waals surface area contributed by atoms with Gasteiger partial charge in [-0.1, -0.05) is 31.5 Å². The second-order valence-electron chi connectivity index (χ2n) is 8.22. The normalized spacial score (nSPS) is 20.9. The number of hydrogen-bond acceptors (Lipinski definition) is 3. The first-order chi connectivity index (χ1) is 13.8. The van der Waals surface area contributed by atoms with E-state index >= 15 is 0 Å². The highest BCUT2D eigenvalue weighted by molar-refractivity contribution is 6.31. The second kappa shape index (κ2) is 9.30. The van der Waals surface area contributed by atoms with Crippen LogP contribution in [0.1, 0.15) is 32.3 Å². The Labute approximate surface area is 177 Å². The molecule has 1 N–H and O–H groups in total. The number of guanidine groups is 1. The van der Waals surface area contributed by atoms with E-state index in [0.29, 0.717) is 31.3 Å². The molecule has 1 aromatic rings. The lowest BCUT2D eigenvalue weighted by Gasteiger charge is -2.38. The zero-order valence-corrected chi connectivity index (χ0v) is 18.1. The number of carbonyl (C=O) groups excluding carboxylic acids is 1. The molecule has 3 rings (SSSR count). The van der Waals surface area contributed by atoms with Gasteiger partial charge in [-0.15, -0.1) is 0 Å². The first-order valence-electron chi connectivity index (χ1n) is 10.1. The van der Waals surface area contributed by atoms with E-state index in [0.717, 1.165) is 37.5 Å². The summed E-state index contributed by atoms with van der Waals surface area (Å²) in [6, 6.07) is 4.51. The van der Waals surface area contributed by atoms with Gasteiger partial charge in [0, 0.05) is 56.8 Å². The predicted octanol–water partition coefficient (Wildman–Crippen LogP) is 2.66. The fraction of sp³-hybridized carbons (Fsp3) is 0.619. The number of nitrogens with one attached hydrogen (secondary N) is 1.